The number of hydrogen-bond acceptors (Lipinski definition) is 3. The van der Waals surface area contributed by atoms with Gasteiger partial charge in [0.25, 0.3) is 0 Å². The second-order valence-corrected chi connectivity index (χ2v) is 7.59. The zero-order valence-corrected chi connectivity index (χ0v) is 13.7. The number of thiophene rings is 1. The van der Waals surface area contributed by atoms with Crippen molar-refractivity contribution in [2.75, 3.05) is 13.6 Å². The van der Waals surface area contributed by atoms with Crippen LogP contribution in [-0.4, -0.2) is 30.6 Å². The predicted molar refractivity (Wildman–Crippen MR) is 83.2 cm³/mol. The molecule has 1 unspecified atom stereocenters. The zero-order valence-electron chi connectivity index (χ0n) is 11.3. The van der Waals surface area contributed by atoms with E-state index in [4.69, 9.17) is 0 Å². The molecule has 1 aromatic rings. The van der Waals surface area contributed by atoms with Crippen LogP contribution in [0.3, 0.4) is 0 Å². The molecule has 102 valence electrons. The number of hydrogen-bond donors (Lipinski definition) is 1. The second kappa shape index (κ2) is 7.04. The molecule has 18 heavy (non-hydrogen) atoms. The van der Waals surface area contributed by atoms with Crippen molar-refractivity contribution < 1.29 is 0 Å². The Kier molecular flexibility index (Phi) is 5.67. The molecule has 0 spiro atoms. The standard InChI is InChI=1S/C14H23BrN2S/c1-3-4-13(8-16-12-5-6-12)17(2)9-11-7-14(15)18-10-11/h7,10,12-13,16H,3-6,8-9H2,1-2H3. The Morgan fingerprint density at radius 2 is 2.33 bits per heavy atom. The van der Waals surface area contributed by atoms with Crippen molar-refractivity contribution in [3.05, 3.63) is 20.8 Å². The summed E-state index contributed by atoms with van der Waals surface area (Å²) < 4.78 is 1.23. The fraction of sp³-hybridized carbons (Fsp3) is 0.714. The van der Waals surface area contributed by atoms with Crippen LogP contribution < -0.4 is 5.32 Å². The van der Waals surface area contributed by atoms with Crippen molar-refractivity contribution in [1.82, 2.24) is 10.2 Å². The summed E-state index contributed by atoms with van der Waals surface area (Å²) in [5.74, 6) is 0. The lowest BCUT2D eigenvalue weighted by atomic mass is 10.1. The van der Waals surface area contributed by atoms with E-state index in [1.807, 2.05) is 0 Å². The molecule has 1 heterocycles. The minimum absolute atomic E-state index is 0.661. The van der Waals surface area contributed by atoms with Crippen LogP contribution in [0.4, 0.5) is 0 Å². The third-order valence-corrected chi connectivity index (χ3v) is 5.07. The Hall–Kier alpha value is 0.100. The summed E-state index contributed by atoms with van der Waals surface area (Å²) in [4.78, 5) is 2.49. The first-order valence-corrected chi connectivity index (χ1v) is 8.53. The summed E-state index contributed by atoms with van der Waals surface area (Å²) in [6, 6.07) is 3.71. The van der Waals surface area contributed by atoms with Gasteiger partial charge in [0.05, 0.1) is 3.79 Å². The van der Waals surface area contributed by atoms with Gasteiger partial charge in [-0.15, -0.1) is 11.3 Å². The molecule has 1 aliphatic carbocycles. The van der Waals surface area contributed by atoms with Gasteiger partial charge in [-0.05, 0) is 59.2 Å². The molecule has 1 aliphatic rings. The maximum absolute atomic E-state index is 3.67. The van der Waals surface area contributed by atoms with Crippen LogP contribution in [0.1, 0.15) is 38.2 Å². The van der Waals surface area contributed by atoms with Gasteiger partial charge in [0.1, 0.15) is 0 Å². The van der Waals surface area contributed by atoms with E-state index in [0.717, 1.165) is 19.1 Å². The topological polar surface area (TPSA) is 15.3 Å². The van der Waals surface area contributed by atoms with Gasteiger partial charge >= 0.3 is 0 Å². The Morgan fingerprint density at radius 1 is 1.56 bits per heavy atom. The summed E-state index contributed by atoms with van der Waals surface area (Å²) in [6.45, 7) is 4.47. The van der Waals surface area contributed by atoms with Gasteiger partial charge in [0, 0.05) is 25.2 Å². The maximum Gasteiger partial charge on any atom is 0.0701 e. The first-order valence-electron chi connectivity index (χ1n) is 6.85. The first-order chi connectivity index (χ1) is 8.69. The molecule has 1 atom stereocenters. The molecule has 1 N–H and O–H groups in total. The minimum Gasteiger partial charge on any atom is -0.312 e. The smallest absolute Gasteiger partial charge is 0.0701 e. The fourth-order valence-electron chi connectivity index (χ4n) is 2.25. The lowest BCUT2D eigenvalue weighted by molar-refractivity contribution is 0.214. The largest absolute Gasteiger partial charge is 0.312 e. The highest BCUT2D eigenvalue weighted by atomic mass is 79.9. The molecular formula is C14H23BrN2S. The molecule has 1 fully saturated rings. The number of nitrogens with one attached hydrogen (secondary N) is 1. The lowest BCUT2D eigenvalue weighted by Crippen LogP contribution is -2.40. The van der Waals surface area contributed by atoms with Gasteiger partial charge in [-0.1, -0.05) is 13.3 Å². The summed E-state index contributed by atoms with van der Waals surface area (Å²) in [5.41, 5.74) is 1.42. The molecule has 2 rings (SSSR count). The van der Waals surface area contributed by atoms with E-state index >= 15 is 0 Å². The van der Waals surface area contributed by atoms with Crippen LogP contribution in [0.25, 0.3) is 0 Å². The molecule has 0 amide bonds. The third kappa shape index (κ3) is 4.65. The van der Waals surface area contributed by atoms with E-state index in [0.29, 0.717) is 6.04 Å². The molecule has 0 bridgehead atoms. The molecule has 4 heteroatoms. The van der Waals surface area contributed by atoms with Crippen LogP contribution >= 0.6 is 27.3 Å². The summed E-state index contributed by atoms with van der Waals surface area (Å²) in [5, 5.41) is 5.91. The molecule has 0 aliphatic heterocycles. The quantitative estimate of drug-likeness (QED) is 0.778. The van der Waals surface area contributed by atoms with E-state index in [9.17, 15) is 0 Å². The van der Waals surface area contributed by atoms with E-state index in [2.05, 4.69) is 51.6 Å². The average Bonchev–Trinajstić information content (AvgIpc) is 3.08. The Balaban J connectivity index is 1.83. The zero-order chi connectivity index (χ0) is 13.0. The molecule has 1 saturated carbocycles. The first kappa shape index (κ1) is 14.5. The molecular weight excluding hydrogens is 308 g/mol. The fourth-order valence-corrected chi connectivity index (χ4v) is 3.45. The second-order valence-electron chi connectivity index (χ2n) is 5.30. The van der Waals surface area contributed by atoms with Crippen molar-refractivity contribution in [3.8, 4) is 0 Å². The van der Waals surface area contributed by atoms with Gasteiger partial charge in [-0.2, -0.15) is 0 Å². The van der Waals surface area contributed by atoms with Crippen LogP contribution in [0.2, 0.25) is 0 Å². The van der Waals surface area contributed by atoms with Gasteiger partial charge < -0.3 is 5.32 Å². The number of nitrogens with zero attached hydrogens (tertiary/aromatic N) is 1. The number of likely N-dealkylation sites (N-methyl/N-ethyl adjacent to an activating group) is 1. The Labute approximate surface area is 123 Å². The van der Waals surface area contributed by atoms with E-state index in [1.165, 1.54) is 35.0 Å². The number of halogens is 1. The SMILES string of the molecule is CCCC(CNC1CC1)N(C)Cc1csc(Br)c1. The van der Waals surface area contributed by atoms with Gasteiger partial charge in [-0.3, -0.25) is 4.90 Å². The third-order valence-electron chi connectivity index (χ3n) is 3.52. The van der Waals surface area contributed by atoms with Gasteiger partial charge in [-0.25, -0.2) is 0 Å². The molecule has 2 nitrogen and oxygen atoms in total. The van der Waals surface area contributed by atoms with E-state index in [-0.39, 0.29) is 0 Å². The van der Waals surface area contributed by atoms with Crippen LogP contribution in [0.5, 0.6) is 0 Å². The highest BCUT2D eigenvalue weighted by molar-refractivity contribution is 9.11. The van der Waals surface area contributed by atoms with Gasteiger partial charge in [0.2, 0.25) is 0 Å². The van der Waals surface area contributed by atoms with E-state index in [1.54, 1.807) is 11.3 Å². The predicted octanol–water partition coefficient (Wildman–Crippen LogP) is 3.86. The summed E-state index contributed by atoms with van der Waals surface area (Å²) in [7, 11) is 2.25. The summed E-state index contributed by atoms with van der Waals surface area (Å²) in [6.07, 6.45) is 5.29. The highest BCUT2D eigenvalue weighted by Crippen LogP contribution is 2.23. The maximum atomic E-state index is 3.67. The van der Waals surface area contributed by atoms with Crippen molar-refractivity contribution in [2.45, 2.75) is 51.2 Å². The monoisotopic (exact) mass is 330 g/mol. The Bertz CT molecular complexity index is 362. The molecule has 1 aromatic heterocycles. The average molecular weight is 331 g/mol. The van der Waals surface area contributed by atoms with Crippen molar-refractivity contribution in [2.24, 2.45) is 0 Å². The van der Waals surface area contributed by atoms with Gasteiger partial charge in [0.15, 0.2) is 0 Å². The number of rotatable bonds is 8. The van der Waals surface area contributed by atoms with Crippen LogP contribution in [0.15, 0.2) is 15.2 Å². The normalized spacial score (nSPS) is 17.3. The van der Waals surface area contributed by atoms with Crippen molar-refractivity contribution in [1.29, 1.82) is 0 Å². The van der Waals surface area contributed by atoms with Crippen LogP contribution in [-0.2, 0) is 6.54 Å². The lowest BCUT2D eigenvalue weighted by Gasteiger charge is -2.28. The Morgan fingerprint density at radius 3 is 2.89 bits per heavy atom. The highest BCUT2D eigenvalue weighted by Gasteiger charge is 2.23. The van der Waals surface area contributed by atoms with Crippen molar-refractivity contribution in [3.63, 3.8) is 0 Å². The summed E-state index contributed by atoms with van der Waals surface area (Å²) >= 11 is 5.31. The molecule has 0 radical (unpaired) electrons. The minimum atomic E-state index is 0.661. The molecule has 0 saturated heterocycles. The van der Waals surface area contributed by atoms with Crippen molar-refractivity contribution >= 4 is 27.3 Å². The molecule has 0 aromatic carbocycles. The van der Waals surface area contributed by atoms with E-state index < -0.39 is 0 Å². The van der Waals surface area contributed by atoms with Crippen LogP contribution in [0, 0.1) is 0 Å².